The molecule has 0 aliphatic carbocycles. The van der Waals surface area contributed by atoms with E-state index in [-0.39, 0.29) is 24.0 Å². The summed E-state index contributed by atoms with van der Waals surface area (Å²) in [5.41, 5.74) is -0.0402. The monoisotopic (exact) mass is 454 g/mol. The summed E-state index contributed by atoms with van der Waals surface area (Å²) < 4.78 is 0. The minimum atomic E-state index is -1.64. The number of carbonyl (C=O) groups excluding carboxylic acids is 4. The molecule has 6 nitrogen and oxygen atoms in total. The van der Waals surface area contributed by atoms with Gasteiger partial charge in [-0.05, 0) is 35.4 Å². The maximum atomic E-state index is 12.8. The molecule has 2 aromatic carbocycles. The summed E-state index contributed by atoms with van der Waals surface area (Å²) in [6.07, 6.45) is 2.77. The van der Waals surface area contributed by atoms with Gasteiger partial charge < -0.3 is 0 Å². The van der Waals surface area contributed by atoms with E-state index in [9.17, 15) is 19.2 Å². The van der Waals surface area contributed by atoms with E-state index in [4.69, 9.17) is 23.2 Å². The second-order valence-corrected chi connectivity index (χ2v) is 8.20. The predicted octanol–water partition coefficient (Wildman–Crippen LogP) is 3.54. The van der Waals surface area contributed by atoms with Crippen LogP contribution in [-0.2, 0) is 19.2 Å². The van der Waals surface area contributed by atoms with Crippen LogP contribution in [0.5, 0.6) is 0 Å². The van der Waals surface area contributed by atoms with Gasteiger partial charge in [0.1, 0.15) is 5.41 Å². The van der Waals surface area contributed by atoms with E-state index >= 15 is 0 Å². The fraction of sp³-hybridized carbons (Fsp3) is 0.130. The minimum Gasteiger partial charge on any atom is -0.292 e. The molecule has 0 atom stereocenters. The molecule has 1 spiro atoms. The zero-order valence-electron chi connectivity index (χ0n) is 16.1. The van der Waals surface area contributed by atoms with Gasteiger partial charge in [0.05, 0.1) is 0 Å². The number of amides is 4. The first kappa shape index (κ1) is 21.0. The van der Waals surface area contributed by atoms with Crippen molar-refractivity contribution < 1.29 is 19.2 Å². The van der Waals surface area contributed by atoms with Crippen LogP contribution in [-0.4, -0.2) is 23.6 Å². The summed E-state index contributed by atoms with van der Waals surface area (Å²) in [5.74, 6) is -2.69. The zero-order valence-corrected chi connectivity index (χ0v) is 17.6. The minimum absolute atomic E-state index is 0.165. The lowest BCUT2D eigenvalue weighted by Crippen LogP contribution is -2.61. The molecule has 2 saturated heterocycles. The van der Waals surface area contributed by atoms with Gasteiger partial charge in [0.15, 0.2) is 0 Å². The van der Waals surface area contributed by atoms with E-state index in [1.165, 1.54) is 0 Å². The molecule has 2 N–H and O–H groups in total. The molecule has 2 aliphatic heterocycles. The highest BCUT2D eigenvalue weighted by Gasteiger charge is 2.54. The number of carbonyl (C=O) groups is 4. The Labute approximate surface area is 187 Å². The average molecular weight is 455 g/mol. The predicted molar refractivity (Wildman–Crippen MR) is 117 cm³/mol. The van der Waals surface area contributed by atoms with Gasteiger partial charge in [-0.3, -0.25) is 29.8 Å². The largest absolute Gasteiger partial charge is 0.292 e. The van der Waals surface area contributed by atoms with Crippen LogP contribution in [0.3, 0.4) is 0 Å². The van der Waals surface area contributed by atoms with Crippen molar-refractivity contribution in [1.82, 2.24) is 10.6 Å². The van der Waals surface area contributed by atoms with E-state index in [1.54, 1.807) is 60.7 Å². The molecule has 2 fully saturated rings. The van der Waals surface area contributed by atoms with Crippen molar-refractivity contribution in [3.63, 3.8) is 0 Å². The van der Waals surface area contributed by atoms with Crippen LogP contribution in [0.15, 0.2) is 59.7 Å². The highest BCUT2D eigenvalue weighted by molar-refractivity contribution is 6.33. The van der Waals surface area contributed by atoms with Crippen LogP contribution < -0.4 is 10.6 Å². The fourth-order valence-corrected chi connectivity index (χ4v) is 4.08. The molecule has 0 bridgehead atoms. The van der Waals surface area contributed by atoms with Crippen LogP contribution >= 0.6 is 23.2 Å². The number of piperidine rings is 2. The molecule has 4 amide bonds. The normalized spacial score (nSPS) is 20.8. The van der Waals surface area contributed by atoms with E-state index in [1.807, 2.05) is 0 Å². The van der Waals surface area contributed by atoms with Crippen LogP contribution in [0.2, 0.25) is 10.0 Å². The molecule has 0 saturated carbocycles. The van der Waals surface area contributed by atoms with E-state index < -0.39 is 29.0 Å². The first-order valence-electron chi connectivity index (χ1n) is 9.42. The molecule has 8 heteroatoms. The number of rotatable bonds is 2. The van der Waals surface area contributed by atoms with E-state index in [2.05, 4.69) is 10.6 Å². The van der Waals surface area contributed by atoms with Crippen molar-refractivity contribution in [2.24, 2.45) is 5.41 Å². The molecule has 0 radical (unpaired) electrons. The Hall–Kier alpha value is -3.22. The summed E-state index contributed by atoms with van der Waals surface area (Å²) in [4.78, 5) is 50.6. The number of benzene rings is 2. The topological polar surface area (TPSA) is 92.3 Å². The summed E-state index contributed by atoms with van der Waals surface area (Å²) in [5, 5.41) is 5.37. The maximum absolute atomic E-state index is 12.8. The standard InChI is InChI=1S/C23H16Cl2N2O4/c24-17-7-3-1-5-13(17)9-15-11-23(21(30)26-19(15)28)12-16(20(29)27-22(23)31)10-14-6-2-4-8-18(14)25/h1-10H,11-12H2,(H,26,28,30)(H,27,29,31)/b15-9+,16-10+. The van der Waals surface area contributed by atoms with Crippen LogP contribution in [0.1, 0.15) is 24.0 Å². The molecular formula is C23H16Cl2N2O4. The van der Waals surface area contributed by atoms with Gasteiger partial charge in [0.25, 0.3) is 11.8 Å². The second kappa shape index (κ2) is 8.13. The summed E-state index contributed by atoms with van der Waals surface area (Å²) >= 11 is 12.4. The lowest BCUT2D eigenvalue weighted by Gasteiger charge is -2.38. The van der Waals surface area contributed by atoms with Crippen molar-refractivity contribution >= 4 is 59.0 Å². The van der Waals surface area contributed by atoms with Crippen LogP contribution in [0.25, 0.3) is 12.2 Å². The van der Waals surface area contributed by atoms with Gasteiger partial charge in [-0.1, -0.05) is 59.6 Å². The Morgan fingerprint density at radius 1 is 0.677 bits per heavy atom. The lowest BCUT2D eigenvalue weighted by atomic mass is 9.70. The van der Waals surface area contributed by atoms with Gasteiger partial charge in [-0.2, -0.15) is 0 Å². The molecule has 2 aliphatic rings. The van der Waals surface area contributed by atoms with E-state index in [0.717, 1.165) is 0 Å². The van der Waals surface area contributed by atoms with Crippen LogP contribution in [0.4, 0.5) is 0 Å². The molecular weight excluding hydrogens is 439 g/mol. The first-order valence-corrected chi connectivity index (χ1v) is 10.2. The van der Waals surface area contributed by atoms with Crippen molar-refractivity contribution in [3.8, 4) is 0 Å². The third kappa shape index (κ3) is 3.92. The Kier molecular flexibility index (Phi) is 5.52. The van der Waals surface area contributed by atoms with Crippen molar-refractivity contribution in [3.05, 3.63) is 80.8 Å². The number of nitrogens with one attached hydrogen (secondary N) is 2. The van der Waals surface area contributed by atoms with Crippen molar-refractivity contribution in [2.75, 3.05) is 0 Å². The zero-order chi connectivity index (χ0) is 22.2. The summed E-state index contributed by atoms with van der Waals surface area (Å²) in [6, 6.07) is 13.8. The lowest BCUT2D eigenvalue weighted by molar-refractivity contribution is -0.150. The number of halogens is 2. The Balaban J connectivity index is 1.74. The highest BCUT2D eigenvalue weighted by atomic mass is 35.5. The second-order valence-electron chi connectivity index (χ2n) is 7.38. The number of imide groups is 2. The average Bonchev–Trinajstić information content (AvgIpc) is 2.73. The third-order valence-corrected chi connectivity index (χ3v) is 6.05. The van der Waals surface area contributed by atoms with Crippen molar-refractivity contribution in [1.29, 1.82) is 0 Å². The smallest absolute Gasteiger partial charge is 0.253 e. The summed E-state index contributed by atoms with van der Waals surface area (Å²) in [6.45, 7) is 0. The number of hydrogen-bond acceptors (Lipinski definition) is 4. The Morgan fingerprint density at radius 2 is 1.06 bits per heavy atom. The Bertz CT molecular complexity index is 1110. The van der Waals surface area contributed by atoms with Crippen molar-refractivity contribution in [2.45, 2.75) is 12.8 Å². The first-order chi connectivity index (χ1) is 14.8. The van der Waals surface area contributed by atoms with Gasteiger partial charge in [-0.15, -0.1) is 0 Å². The Morgan fingerprint density at radius 3 is 1.45 bits per heavy atom. The molecule has 2 heterocycles. The van der Waals surface area contributed by atoms with E-state index in [0.29, 0.717) is 21.2 Å². The maximum Gasteiger partial charge on any atom is 0.253 e. The molecule has 4 rings (SSSR count). The highest BCUT2D eigenvalue weighted by Crippen LogP contribution is 2.41. The quantitative estimate of drug-likeness (QED) is 0.412. The number of hydrogen-bond donors (Lipinski definition) is 2. The molecule has 2 aromatic rings. The van der Waals surface area contributed by atoms with Gasteiger partial charge in [0.2, 0.25) is 11.8 Å². The summed E-state index contributed by atoms with van der Waals surface area (Å²) in [7, 11) is 0. The molecule has 31 heavy (non-hydrogen) atoms. The van der Waals surface area contributed by atoms with Gasteiger partial charge >= 0.3 is 0 Å². The SMILES string of the molecule is O=C1NC(=O)C2(C/C1=C\c1ccccc1Cl)C/C(=C\c1ccccc1Cl)C(=O)NC2=O. The van der Waals surface area contributed by atoms with Crippen LogP contribution in [0, 0.1) is 5.41 Å². The molecule has 0 aromatic heterocycles. The third-order valence-electron chi connectivity index (χ3n) is 5.36. The molecule has 0 unspecified atom stereocenters. The van der Waals surface area contributed by atoms with Gasteiger partial charge in [0, 0.05) is 34.0 Å². The van der Waals surface area contributed by atoms with Gasteiger partial charge in [-0.25, -0.2) is 0 Å². The fourth-order valence-electron chi connectivity index (χ4n) is 3.70. The molecule has 156 valence electrons.